The fourth-order valence-corrected chi connectivity index (χ4v) is 3.84. The smallest absolute Gasteiger partial charge is 0.310 e. The zero-order valence-corrected chi connectivity index (χ0v) is 15.2. The van der Waals surface area contributed by atoms with Crippen LogP contribution >= 0.6 is 0 Å². The Hall–Kier alpha value is -2.78. The fraction of sp³-hybridized carbons (Fsp3) is 0.389. The monoisotopic (exact) mass is 372 g/mol. The van der Waals surface area contributed by atoms with Crippen molar-refractivity contribution in [2.75, 3.05) is 27.2 Å². The summed E-state index contributed by atoms with van der Waals surface area (Å²) in [6.45, 7) is 4.64. The first-order valence-electron chi connectivity index (χ1n) is 8.69. The summed E-state index contributed by atoms with van der Waals surface area (Å²) in [7, 11) is 3.17. The molecule has 0 radical (unpaired) electrons. The van der Waals surface area contributed by atoms with Crippen LogP contribution in [-0.2, 0) is 4.79 Å². The van der Waals surface area contributed by atoms with Crippen LogP contribution in [0.5, 0.6) is 0 Å². The number of amides is 3. The molecule has 3 aliphatic heterocycles. The number of imide groups is 1. The van der Waals surface area contributed by atoms with Gasteiger partial charge in [0.25, 0.3) is 5.91 Å². The van der Waals surface area contributed by atoms with Gasteiger partial charge >= 0.3 is 6.03 Å². The standard InChI is InChI=1S/C18H21FN6O2/c1-4-9-25-17-20-15-14(16(26)23(3)18(27)22(15)2)24(17)10-13(21-25)11-5-7-12(19)8-6-11/h4-8,14-15,17,20H,1,9-10H2,2-3H3. The van der Waals surface area contributed by atoms with E-state index in [0.717, 1.165) is 16.2 Å². The molecule has 0 aliphatic carbocycles. The van der Waals surface area contributed by atoms with Gasteiger partial charge in [0.15, 0.2) is 6.29 Å². The van der Waals surface area contributed by atoms with Gasteiger partial charge < -0.3 is 4.90 Å². The molecule has 0 saturated carbocycles. The molecular formula is C18H21FN6O2. The van der Waals surface area contributed by atoms with Crippen molar-refractivity contribution in [1.29, 1.82) is 0 Å². The summed E-state index contributed by atoms with van der Waals surface area (Å²) in [6.07, 6.45) is 0.941. The van der Waals surface area contributed by atoms with Crippen molar-refractivity contribution in [3.8, 4) is 0 Å². The lowest BCUT2D eigenvalue weighted by molar-refractivity contribution is -0.137. The van der Waals surface area contributed by atoms with Gasteiger partial charge in [-0.05, 0) is 17.7 Å². The first-order valence-corrected chi connectivity index (χ1v) is 8.69. The molecule has 3 heterocycles. The van der Waals surface area contributed by atoms with E-state index in [-0.39, 0.29) is 24.0 Å². The summed E-state index contributed by atoms with van der Waals surface area (Å²) in [5.41, 5.74) is 1.51. The van der Waals surface area contributed by atoms with E-state index in [1.54, 1.807) is 30.3 Å². The predicted octanol–water partition coefficient (Wildman–Crippen LogP) is 0.439. The zero-order chi connectivity index (χ0) is 19.3. The van der Waals surface area contributed by atoms with Gasteiger partial charge in [0.1, 0.15) is 18.0 Å². The number of hydrogen-bond donors (Lipinski definition) is 1. The third kappa shape index (κ3) is 2.70. The van der Waals surface area contributed by atoms with Crippen LogP contribution in [0.1, 0.15) is 5.56 Å². The Morgan fingerprint density at radius 1 is 1.30 bits per heavy atom. The Balaban J connectivity index is 1.71. The Morgan fingerprint density at radius 3 is 2.67 bits per heavy atom. The van der Waals surface area contributed by atoms with Crippen LogP contribution in [0.4, 0.5) is 9.18 Å². The van der Waals surface area contributed by atoms with Crippen molar-refractivity contribution in [1.82, 2.24) is 25.0 Å². The van der Waals surface area contributed by atoms with Gasteiger partial charge in [0.05, 0.1) is 12.3 Å². The minimum atomic E-state index is -0.527. The second kappa shape index (κ2) is 6.43. The molecule has 1 aromatic carbocycles. The molecule has 3 atom stereocenters. The maximum atomic E-state index is 13.3. The quantitative estimate of drug-likeness (QED) is 0.780. The molecule has 3 aliphatic rings. The average molecular weight is 372 g/mol. The van der Waals surface area contributed by atoms with Gasteiger partial charge in [0.2, 0.25) is 0 Å². The first-order chi connectivity index (χ1) is 12.9. The Labute approximate surface area is 156 Å². The van der Waals surface area contributed by atoms with E-state index in [4.69, 9.17) is 0 Å². The summed E-state index contributed by atoms with van der Waals surface area (Å²) in [6, 6.07) is 5.25. The number of fused-ring (bicyclic) bond motifs is 3. The molecule has 1 N–H and O–H groups in total. The van der Waals surface area contributed by atoms with E-state index in [1.807, 2.05) is 4.90 Å². The van der Waals surface area contributed by atoms with E-state index in [0.29, 0.717) is 13.1 Å². The number of hydrogen-bond acceptors (Lipinski definition) is 6. The molecular weight excluding hydrogens is 351 g/mol. The van der Waals surface area contributed by atoms with E-state index < -0.39 is 12.2 Å². The highest BCUT2D eigenvalue weighted by atomic mass is 19.1. The molecule has 0 bridgehead atoms. The zero-order valence-electron chi connectivity index (χ0n) is 15.2. The number of urea groups is 1. The van der Waals surface area contributed by atoms with E-state index >= 15 is 0 Å². The molecule has 3 amide bonds. The molecule has 4 rings (SSSR count). The lowest BCUT2D eigenvalue weighted by Gasteiger charge is -2.41. The second-order valence-corrected chi connectivity index (χ2v) is 6.86. The molecule has 142 valence electrons. The first kappa shape index (κ1) is 17.6. The van der Waals surface area contributed by atoms with Crippen LogP contribution in [0.2, 0.25) is 0 Å². The van der Waals surface area contributed by atoms with Crippen molar-refractivity contribution in [3.63, 3.8) is 0 Å². The number of nitrogens with zero attached hydrogens (tertiary/aromatic N) is 5. The molecule has 3 unspecified atom stereocenters. The van der Waals surface area contributed by atoms with Crippen molar-refractivity contribution in [3.05, 3.63) is 48.3 Å². The SMILES string of the molecule is C=CCN1N=C(c2ccc(F)cc2)CN2C3C(=O)N(C)C(=O)N(C)C3NC12. The maximum Gasteiger partial charge on any atom is 0.327 e. The number of nitrogens with one attached hydrogen (secondary N) is 1. The van der Waals surface area contributed by atoms with Crippen LogP contribution < -0.4 is 5.32 Å². The van der Waals surface area contributed by atoms with E-state index in [2.05, 4.69) is 17.0 Å². The van der Waals surface area contributed by atoms with Crippen molar-refractivity contribution in [2.45, 2.75) is 18.5 Å². The number of hydrazone groups is 1. The lowest BCUT2D eigenvalue weighted by Crippen LogP contribution is -2.65. The highest BCUT2D eigenvalue weighted by Crippen LogP contribution is 2.30. The van der Waals surface area contributed by atoms with Gasteiger partial charge in [-0.2, -0.15) is 5.10 Å². The summed E-state index contributed by atoms with van der Waals surface area (Å²) in [5, 5.41) is 9.81. The van der Waals surface area contributed by atoms with E-state index in [1.165, 1.54) is 24.1 Å². The third-order valence-corrected chi connectivity index (χ3v) is 5.24. The molecule has 1 aromatic rings. The molecule has 27 heavy (non-hydrogen) atoms. The normalized spacial score (nSPS) is 28.2. The number of likely N-dealkylation sites (N-methyl/N-ethyl adjacent to an activating group) is 2. The molecule has 9 heteroatoms. The van der Waals surface area contributed by atoms with Crippen molar-refractivity contribution in [2.24, 2.45) is 5.10 Å². The summed E-state index contributed by atoms with van der Waals surface area (Å²) in [5.74, 6) is -0.569. The predicted molar refractivity (Wildman–Crippen MR) is 97.0 cm³/mol. The molecule has 0 aromatic heterocycles. The summed E-state index contributed by atoms with van der Waals surface area (Å²) in [4.78, 5) is 29.8. The van der Waals surface area contributed by atoms with Gasteiger partial charge in [-0.1, -0.05) is 18.2 Å². The average Bonchev–Trinajstić information content (AvgIpc) is 3.05. The third-order valence-electron chi connectivity index (χ3n) is 5.24. The number of benzene rings is 1. The lowest BCUT2D eigenvalue weighted by atomic mass is 10.1. The second-order valence-electron chi connectivity index (χ2n) is 6.86. The topological polar surface area (TPSA) is 71.5 Å². The van der Waals surface area contributed by atoms with Gasteiger partial charge in [-0.15, -0.1) is 6.58 Å². The van der Waals surface area contributed by atoms with Crippen molar-refractivity contribution < 1.29 is 14.0 Å². The van der Waals surface area contributed by atoms with Crippen LogP contribution in [0, 0.1) is 5.82 Å². The molecule has 2 fully saturated rings. The minimum absolute atomic E-state index is 0.253. The van der Waals surface area contributed by atoms with Crippen LogP contribution in [-0.4, -0.2) is 83.0 Å². The minimum Gasteiger partial charge on any atom is -0.310 e. The number of halogens is 1. The number of rotatable bonds is 3. The highest BCUT2D eigenvalue weighted by molar-refractivity contribution is 6.04. The Morgan fingerprint density at radius 2 is 2.00 bits per heavy atom. The molecule has 8 nitrogen and oxygen atoms in total. The number of carbonyl (C=O) groups excluding carboxylic acids is 2. The maximum absolute atomic E-state index is 13.3. The van der Waals surface area contributed by atoms with Crippen molar-refractivity contribution >= 4 is 17.6 Å². The molecule has 2 saturated heterocycles. The van der Waals surface area contributed by atoms with Gasteiger partial charge in [0, 0.05) is 20.6 Å². The van der Waals surface area contributed by atoms with Crippen LogP contribution in [0.3, 0.4) is 0 Å². The highest BCUT2D eigenvalue weighted by Gasteiger charge is 2.55. The molecule has 0 spiro atoms. The summed E-state index contributed by atoms with van der Waals surface area (Å²) < 4.78 is 13.3. The van der Waals surface area contributed by atoms with Gasteiger partial charge in [-0.25, -0.2) is 14.1 Å². The van der Waals surface area contributed by atoms with E-state index in [9.17, 15) is 14.0 Å². The van der Waals surface area contributed by atoms with Gasteiger partial charge in [-0.3, -0.25) is 20.0 Å². The Kier molecular flexibility index (Phi) is 4.20. The fourth-order valence-electron chi connectivity index (χ4n) is 3.84. The largest absolute Gasteiger partial charge is 0.327 e. The Bertz CT molecular complexity index is 826. The number of carbonyl (C=O) groups is 2. The van der Waals surface area contributed by atoms with Crippen LogP contribution in [0.15, 0.2) is 42.0 Å². The van der Waals surface area contributed by atoms with Crippen LogP contribution in [0.25, 0.3) is 0 Å². The summed E-state index contributed by atoms with van der Waals surface area (Å²) >= 11 is 0.